The van der Waals surface area contributed by atoms with Crippen LogP contribution >= 0.6 is 8.53 Å². The number of halogens is 1. The summed E-state index contributed by atoms with van der Waals surface area (Å²) in [6.45, 7) is 0.268. The van der Waals surface area contributed by atoms with Gasteiger partial charge in [-0.2, -0.15) is 0 Å². The molecule has 3 aliphatic heterocycles. The second-order valence-electron chi connectivity index (χ2n) is 14.2. The first-order chi connectivity index (χ1) is 28.1. The summed E-state index contributed by atoms with van der Waals surface area (Å²) in [7, 11) is -2.58. The Morgan fingerprint density at radius 3 is 2.03 bits per heavy atom. The minimum Gasteiger partial charge on any atom is -0.497 e. The molecule has 3 aliphatic rings. The third-order valence-electron chi connectivity index (χ3n) is 10.9. The molecular formula is C42H43FN3O10PS. The molecule has 1 N–H and O–H groups in total. The number of methoxy groups -OCH3 is 2. The lowest BCUT2D eigenvalue weighted by atomic mass is 9.80. The molecule has 3 saturated heterocycles. The predicted octanol–water partition coefficient (Wildman–Crippen LogP) is 5.75. The molecule has 0 aliphatic carbocycles. The van der Waals surface area contributed by atoms with Crippen LogP contribution in [0.4, 0.5) is 4.39 Å². The number of benzene rings is 4. The highest BCUT2D eigenvalue weighted by Crippen LogP contribution is 2.58. The minimum atomic E-state index is -3.73. The van der Waals surface area contributed by atoms with Crippen molar-refractivity contribution in [3.8, 4) is 11.5 Å². The average Bonchev–Trinajstić information content (AvgIpc) is 3.95. The summed E-state index contributed by atoms with van der Waals surface area (Å²) in [4.78, 5) is 28.7. The molecule has 4 aromatic carbocycles. The number of hydrogen-bond acceptors (Lipinski definition) is 11. The molecular weight excluding hydrogens is 789 g/mol. The van der Waals surface area contributed by atoms with E-state index in [0.717, 1.165) is 29.2 Å². The van der Waals surface area contributed by atoms with Crippen molar-refractivity contribution in [2.75, 3.05) is 33.1 Å². The third kappa shape index (κ3) is 7.63. The van der Waals surface area contributed by atoms with Gasteiger partial charge in [-0.15, -0.1) is 0 Å². The second-order valence-corrected chi connectivity index (χ2v) is 17.7. The molecule has 0 spiro atoms. The van der Waals surface area contributed by atoms with Gasteiger partial charge in [-0.3, -0.25) is 4.79 Å². The number of aromatic nitrogens is 2. The minimum absolute atomic E-state index is 0.183. The lowest BCUT2D eigenvalue weighted by Gasteiger charge is -2.37. The number of nitrogens with zero attached hydrogens (tertiary/aromatic N) is 2. The molecule has 0 unspecified atom stereocenters. The highest BCUT2D eigenvalue weighted by atomic mass is 32.2. The molecule has 0 radical (unpaired) electrons. The van der Waals surface area contributed by atoms with Crippen LogP contribution in [0, 0.1) is 0 Å². The van der Waals surface area contributed by atoms with Crippen molar-refractivity contribution in [1.29, 1.82) is 0 Å². The van der Waals surface area contributed by atoms with Gasteiger partial charge in [-0.05, 0) is 65.9 Å². The first kappa shape index (κ1) is 40.1. The van der Waals surface area contributed by atoms with E-state index in [1.54, 1.807) is 44.6 Å². The molecule has 4 heterocycles. The maximum absolute atomic E-state index is 17.1. The molecule has 8 rings (SSSR count). The van der Waals surface area contributed by atoms with Crippen LogP contribution in [-0.2, 0) is 34.0 Å². The lowest BCUT2D eigenvalue weighted by molar-refractivity contribution is -0.0936. The SMILES string of the molecule is COc1ccc(C(OC[C@H]2O[C@@H](n3c(=O)cc[nH]c3=O)[C@H](F)[C@@H]2O[P@]2O[C@H](CS(=O)(=O)c3ccccc3)[C@@H]3CCCN32)(c2ccccc2)c2ccc(OC)cc2)cc1. The predicted molar refractivity (Wildman–Crippen MR) is 213 cm³/mol. The van der Waals surface area contributed by atoms with Gasteiger partial charge in [0.15, 0.2) is 22.2 Å². The van der Waals surface area contributed by atoms with Crippen LogP contribution in [0.2, 0.25) is 0 Å². The maximum atomic E-state index is 17.1. The molecule has 0 bridgehead atoms. The molecule has 5 aromatic rings. The number of rotatable bonds is 14. The van der Waals surface area contributed by atoms with E-state index in [2.05, 4.69) is 4.98 Å². The molecule has 0 saturated carbocycles. The number of sulfone groups is 1. The third-order valence-corrected chi connectivity index (χ3v) is 14.4. The van der Waals surface area contributed by atoms with E-state index >= 15 is 4.39 Å². The van der Waals surface area contributed by atoms with Gasteiger partial charge in [0.25, 0.3) is 14.1 Å². The highest BCUT2D eigenvalue weighted by Gasteiger charge is 2.55. The van der Waals surface area contributed by atoms with Crippen LogP contribution in [0.3, 0.4) is 0 Å². The molecule has 13 nitrogen and oxygen atoms in total. The summed E-state index contributed by atoms with van der Waals surface area (Å²) in [5.74, 6) is 0.973. The lowest BCUT2D eigenvalue weighted by Crippen LogP contribution is -2.41. The van der Waals surface area contributed by atoms with E-state index in [9.17, 15) is 18.0 Å². The fraction of sp³-hybridized carbons (Fsp3) is 0.333. The number of fused-ring (bicyclic) bond motifs is 1. The zero-order valence-corrected chi connectivity index (χ0v) is 33.5. The monoisotopic (exact) mass is 831 g/mol. The van der Waals surface area contributed by atoms with Crippen molar-refractivity contribution in [2.24, 2.45) is 0 Å². The van der Waals surface area contributed by atoms with E-state index in [1.165, 1.54) is 6.20 Å². The Balaban J connectivity index is 1.16. The van der Waals surface area contributed by atoms with E-state index in [0.29, 0.717) is 29.0 Å². The van der Waals surface area contributed by atoms with Gasteiger partial charge in [-0.25, -0.2) is 26.8 Å². The molecule has 3 fully saturated rings. The maximum Gasteiger partial charge on any atom is 0.330 e. The Labute approximate surface area is 336 Å². The zero-order valence-electron chi connectivity index (χ0n) is 31.8. The quantitative estimate of drug-likeness (QED) is 0.108. The fourth-order valence-electron chi connectivity index (χ4n) is 7.99. The van der Waals surface area contributed by atoms with Crippen LogP contribution < -0.4 is 20.7 Å². The number of ether oxygens (including phenoxy) is 4. The summed E-state index contributed by atoms with van der Waals surface area (Å²) in [6, 6.07) is 33.4. The summed E-state index contributed by atoms with van der Waals surface area (Å²) in [5, 5.41) is 0. The second kappa shape index (κ2) is 16.9. The van der Waals surface area contributed by atoms with Crippen LogP contribution in [0.25, 0.3) is 0 Å². The molecule has 7 atom stereocenters. The fourth-order valence-corrected chi connectivity index (χ4v) is 11.6. The Morgan fingerprint density at radius 2 is 1.43 bits per heavy atom. The Hall–Kier alpha value is -4.73. The van der Waals surface area contributed by atoms with Crippen molar-refractivity contribution < 1.29 is 40.8 Å². The van der Waals surface area contributed by atoms with E-state index in [1.807, 2.05) is 83.5 Å². The summed E-state index contributed by atoms with van der Waals surface area (Å²) >= 11 is 0. The smallest absolute Gasteiger partial charge is 0.330 e. The van der Waals surface area contributed by atoms with E-state index in [-0.39, 0.29) is 23.3 Å². The van der Waals surface area contributed by atoms with Crippen LogP contribution in [0.15, 0.2) is 136 Å². The zero-order chi connectivity index (χ0) is 40.4. The van der Waals surface area contributed by atoms with Crippen LogP contribution in [-0.4, -0.2) is 86.3 Å². The van der Waals surface area contributed by atoms with Gasteiger partial charge in [0, 0.05) is 24.8 Å². The summed E-state index contributed by atoms with van der Waals surface area (Å²) in [6.07, 6.45) is -4.43. The van der Waals surface area contributed by atoms with Gasteiger partial charge in [0.05, 0.1) is 37.6 Å². The number of hydrogen-bond donors (Lipinski definition) is 1. The van der Waals surface area contributed by atoms with E-state index in [4.69, 9.17) is 28.0 Å². The molecule has 0 amide bonds. The summed E-state index contributed by atoms with van der Waals surface area (Å²) < 4.78 is 84.0. The first-order valence-corrected chi connectivity index (χ1v) is 21.7. The van der Waals surface area contributed by atoms with Crippen molar-refractivity contribution in [1.82, 2.24) is 14.2 Å². The molecule has 58 heavy (non-hydrogen) atoms. The molecule has 304 valence electrons. The first-order valence-electron chi connectivity index (χ1n) is 18.9. The Morgan fingerprint density at radius 1 is 0.828 bits per heavy atom. The highest BCUT2D eigenvalue weighted by molar-refractivity contribution is 7.91. The number of alkyl halides is 1. The number of H-pyrrole nitrogens is 1. The van der Waals surface area contributed by atoms with Gasteiger partial charge < -0.3 is 33.0 Å². The topological polar surface area (TPSA) is 148 Å². The van der Waals surface area contributed by atoms with Gasteiger partial charge >= 0.3 is 5.69 Å². The van der Waals surface area contributed by atoms with Gasteiger partial charge in [-0.1, -0.05) is 72.8 Å². The van der Waals surface area contributed by atoms with Gasteiger partial charge in [0.1, 0.15) is 29.3 Å². The van der Waals surface area contributed by atoms with Crippen molar-refractivity contribution in [2.45, 2.75) is 60.1 Å². The Bertz CT molecular complexity index is 2330. The van der Waals surface area contributed by atoms with Crippen molar-refractivity contribution >= 4 is 18.4 Å². The standard InChI is InChI=1S/C42H43FN3O10PS/c1-51-31-19-15-29(16-20-31)42(28-10-5-3-6-11-28,30-17-21-32(52-2)22-18-30)53-26-35-39(38(43)40(54-35)46-37(47)23-24-44-41(46)48)56-57-45-25-9-14-34(45)36(55-57)27-58(49,50)33-12-7-4-8-13-33/h3-8,10-13,15-24,34-36,38-40H,9,14,25-27H2,1-2H3,(H,44,48)/t34-,35+,36+,38+,39+,40+,57-/m0/s1. The van der Waals surface area contributed by atoms with Crippen LogP contribution in [0.1, 0.15) is 35.8 Å². The number of aromatic amines is 1. The summed E-state index contributed by atoms with van der Waals surface area (Å²) in [5.41, 5.74) is -0.754. The molecule has 1 aromatic heterocycles. The Kier molecular flexibility index (Phi) is 11.6. The van der Waals surface area contributed by atoms with Crippen molar-refractivity contribution in [3.05, 3.63) is 159 Å². The van der Waals surface area contributed by atoms with E-state index < -0.39 is 65.9 Å². The van der Waals surface area contributed by atoms with Gasteiger partial charge in [0.2, 0.25) is 0 Å². The normalized spacial score (nSPS) is 24.8. The number of nitrogens with one attached hydrogen (secondary N) is 1. The van der Waals surface area contributed by atoms with Crippen molar-refractivity contribution in [3.63, 3.8) is 0 Å². The largest absolute Gasteiger partial charge is 0.497 e. The average molecular weight is 832 g/mol. The van der Waals surface area contributed by atoms with Crippen LogP contribution in [0.5, 0.6) is 11.5 Å². The molecule has 16 heteroatoms.